The van der Waals surface area contributed by atoms with Crippen LogP contribution in [0.1, 0.15) is 17.0 Å². The molecule has 0 fully saturated rings. The third-order valence-corrected chi connectivity index (χ3v) is 3.62. The van der Waals surface area contributed by atoms with E-state index in [1.54, 1.807) is 6.07 Å². The first-order valence-electron chi connectivity index (χ1n) is 7.33. The van der Waals surface area contributed by atoms with Crippen molar-refractivity contribution in [1.29, 1.82) is 0 Å². The summed E-state index contributed by atoms with van der Waals surface area (Å²) in [6, 6.07) is 13.3. The Morgan fingerprint density at radius 3 is 2.52 bits per heavy atom. The fourth-order valence-corrected chi connectivity index (χ4v) is 2.50. The Balaban J connectivity index is 1.58. The highest BCUT2D eigenvalue weighted by Gasteiger charge is 2.32. The van der Waals surface area contributed by atoms with Gasteiger partial charge in [-0.15, -0.1) is 0 Å². The number of nitrogens with zero attached hydrogens (tertiary/aromatic N) is 1. The van der Waals surface area contributed by atoms with Gasteiger partial charge in [0.05, 0.1) is 16.6 Å². The molecule has 0 amide bonds. The number of alkyl halides is 3. The molecule has 1 heterocycles. The van der Waals surface area contributed by atoms with Gasteiger partial charge in [-0.2, -0.15) is 13.2 Å². The van der Waals surface area contributed by atoms with Crippen LogP contribution in [0.3, 0.4) is 0 Å². The highest BCUT2D eigenvalue weighted by molar-refractivity contribution is 5.74. The Morgan fingerprint density at radius 2 is 1.74 bits per heavy atom. The number of fused-ring (bicyclic) bond motifs is 1. The van der Waals surface area contributed by atoms with Gasteiger partial charge < -0.3 is 10.3 Å². The normalized spacial score (nSPS) is 12.0. The number of rotatable bonds is 5. The molecule has 0 saturated heterocycles. The highest BCUT2D eigenvalue weighted by atomic mass is 19.4. The quantitative estimate of drug-likeness (QED) is 0.700. The van der Waals surface area contributed by atoms with Gasteiger partial charge in [-0.3, -0.25) is 0 Å². The molecule has 0 saturated carbocycles. The summed E-state index contributed by atoms with van der Waals surface area (Å²) in [6.45, 7) is 0.724. The number of aromatic amines is 1. The van der Waals surface area contributed by atoms with Crippen molar-refractivity contribution >= 4 is 11.0 Å². The van der Waals surface area contributed by atoms with Crippen LogP contribution in [-0.4, -0.2) is 16.5 Å². The SMILES string of the molecule is FC(F)(F)c1ccccc1CNCCc1nc2ccccc2[nH]1. The Hall–Kier alpha value is -2.34. The van der Waals surface area contributed by atoms with E-state index in [1.807, 2.05) is 24.3 Å². The Labute approximate surface area is 131 Å². The maximum absolute atomic E-state index is 12.9. The number of imidazole rings is 1. The number of para-hydroxylation sites is 2. The second-order valence-corrected chi connectivity index (χ2v) is 5.28. The molecule has 3 aromatic rings. The molecular formula is C17H16F3N3. The van der Waals surface area contributed by atoms with E-state index in [2.05, 4.69) is 15.3 Å². The second-order valence-electron chi connectivity index (χ2n) is 5.28. The molecule has 3 nitrogen and oxygen atoms in total. The van der Waals surface area contributed by atoms with Crippen molar-refractivity contribution in [3.05, 3.63) is 65.5 Å². The minimum atomic E-state index is -4.32. The summed E-state index contributed by atoms with van der Waals surface area (Å²) in [5.74, 6) is 0.822. The van der Waals surface area contributed by atoms with Gasteiger partial charge in [-0.1, -0.05) is 30.3 Å². The molecule has 0 spiro atoms. The largest absolute Gasteiger partial charge is 0.416 e. The molecular weight excluding hydrogens is 303 g/mol. The van der Waals surface area contributed by atoms with Crippen molar-refractivity contribution in [1.82, 2.24) is 15.3 Å². The van der Waals surface area contributed by atoms with Gasteiger partial charge in [0.15, 0.2) is 0 Å². The van der Waals surface area contributed by atoms with Crippen LogP contribution in [0.5, 0.6) is 0 Å². The van der Waals surface area contributed by atoms with Gasteiger partial charge in [0.25, 0.3) is 0 Å². The first kappa shape index (κ1) is 15.6. The number of hydrogen-bond acceptors (Lipinski definition) is 2. The van der Waals surface area contributed by atoms with Crippen molar-refractivity contribution in [3.8, 4) is 0 Å². The summed E-state index contributed by atoms with van der Waals surface area (Å²) < 4.78 is 38.7. The lowest BCUT2D eigenvalue weighted by Gasteiger charge is -2.12. The van der Waals surface area contributed by atoms with Gasteiger partial charge in [-0.25, -0.2) is 4.98 Å². The molecule has 6 heteroatoms. The summed E-state index contributed by atoms with van der Waals surface area (Å²) >= 11 is 0. The van der Waals surface area contributed by atoms with Crippen molar-refractivity contribution in [2.45, 2.75) is 19.1 Å². The van der Waals surface area contributed by atoms with E-state index in [0.717, 1.165) is 22.9 Å². The first-order valence-corrected chi connectivity index (χ1v) is 7.33. The molecule has 0 bridgehead atoms. The molecule has 23 heavy (non-hydrogen) atoms. The van der Waals surface area contributed by atoms with Crippen LogP contribution in [0.2, 0.25) is 0 Å². The summed E-state index contributed by atoms with van der Waals surface area (Å²) in [5.41, 5.74) is 1.52. The van der Waals surface area contributed by atoms with E-state index >= 15 is 0 Å². The predicted octanol–water partition coefficient (Wildman–Crippen LogP) is 3.91. The number of nitrogens with one attached hydrogen (secondary N) is 2. The highest BCUT2D eigenvalue weighted by Crippen LogP contribution is 2.31. The minimum Gasteiger partial charge on any atom is -0.342 e. The van der Waals surface area contributed by atoms with E-state index < -0.39 is 11.7 Å². The third kappa shape index (κ3) is 3.71. The van der Waals surface area contributed by atoms with Crippen molar-refractivity contribution in [2.75, 3.05) is 6.54 Å². The molecule has 0 aliphatic carbocycles. The van der Waals surface area contributed by atoms with Gasteiger partial charge in [0, 0.05) is 19.5 Å². The number of aromatic nitrogens is 2. The molecule has 1 aromatic heterocycles. The first-order chi connectivity index (χ1) is 11.0. The lowest BCUT2D eigenvalue weighted by atomic mass is 10.1. The number of halogens is 3. The molecule has 0 aliphatic heterocycles. The summed E-state index contributed by atoms with van der Waals surface area (Å²) in [5, 5.41) is 3.05. The molecule has 0 aliphatic rings. The van der Waals surface area contributed by atoms with Crippen LogP contribution in [0.4, 0.5) is 13.2 Å². The standard InChI is InChI=1S/C17H16F3N3/c18-17(19,20)13-6-2-1-5-12(13)11-21-10-9-16-22-14-7-3-4-8-15(14)23-16/h1-8,21H,9-11H2,(H,22,23). The molecule has 0 atom stereocenters. The Bertz CT molecular complexity index is 760. The number of H-pyrrole nitrogens is 1. The second kappa shape index (κ2) is 6.42. The van der Waals surface area contributed by atoms with E-state index in [1.165, 1.54) is 12.1 Å². The van der Waals surface area contributed by atoms with Crippen LogP contribution >= 0.6 is 0 Å². The monoisotopic (exact) mass is 319 g/mol. The molecule has 120 valence electrons. The maximum Gasteiger partial charge on any atom is 0.416 e. The number of benzene rings is 2. The predicted molar refractivity (Wildman–Crippen MR) is 82.9 cm³/mol. The molecule has 0 unspecified atom stereocenters. The van der Waals surface area contributed by atoms with Gasteiger partial charge in [-0.05, 0) is 23.8 Å². The van der Waals surface area contributed by atoms with E-state index in [4.69, 9.17) is 0 Å². The molecule has 3 rings (SSSR count). The number of hydrogen-bond donors (Lipinski definition) is 2. The molecule has 0 radical (unpaired) electrons. The van der Waals surface area contributed by atoms with Gasteiger partial charge >= 0.3 is 6.18 Å². The smallest absolute Gasteiger partial charge is 0.342 e. The molecule has 2 aromatic carbocycles. The average Bonchev–Trinajstić information content (AvgIpc) is 2.94. The fraction of sp³-hybridized carbons (Fsp3) is 0.235. The zero-order valence-corrected chi connectivity index (χ0v) is 12.3. The lowest BCUT2D eigenvalue weighted by molar-refractivity contribution is -0.138. The Morgan fingerprint density at radius 1 is 1.00 bits per heavy atom. The van der Waals surface area contributed by atoms with Crippen molar-refractivity contribution in [2.24, 2.45) is 0 Å². The van der Waals surface area contributed by atoms with Crippen LogP contribution in [0, 0.1) is 0 Å². The van der Waals surface area contributed by atoms with Crippen LogP contribution in [0.15, 0.2) is 48.5 Å². The third-order valence-electron chi connectivity index (χ3n) is 3.62. The van der Waals surface area contributed by atoms with E-state index in [9.17, 15) is 13.2 Å². The lowest BCUT2D eigenvalue weighted by Crippen LogP contribution is -2.20. The Kier molecular flexibility index (Phi) is 4.34. The zero-order valence-electron chi connectivity index (χ0n) is 12.3. The fourth-order valence-electron chi connectivity index (χ4n) is 2.50. The van der Waals surface area contributed by atoms with Crippen LogP contribution < -0.4 is 5.32 Å². The van der Waals surface area contributed by atoms with Crippen LogP contribution in [0.25, 0.3) is 11.0 Å². The average molecular weight is 319 g/mol. The van der Waals surface area contributed by atoms with E-state index in [-0.39, 0.29) is 12.1 Å². The maximum atomic E-state index is 12.9. The van der Waals surface area contributed by atoms with Crippen molar-refractivity contribution in [3.63, 3.8) is 0 Å². The zero-order chi connectivity index (χ0) is 16.3. The minimum absolute atomic E-state index is 0.176. The van der Waals surface area contributed by atoms with Crippen molar-refractivity contribution < 1.29 is 13.2 Å². The molecule has 2 N–H and O–H groups in total. The van der Waals surface area contributed by atoms with E-state index in [0.29, 0.717) is 13.0 Å². The van der Waals surface area contributed by atoms with Gasteiger partial charge in [0.2, 0.25) is 0 Å². The summed E-state index contributed by atoms with van der Waals surface area (Å²) in [4.78, 5) is 7.64. The topological polar surface area (TPSA) is 40.7 Å². The van der Waals surface area contributed by atoms with Crippen LogP contribution in [-0.2, 0) is 19.1 Å². The summed E-state index contributed by atoms with van der Waals surface area (Å²) in [7, 11) is 0. The van der Waals surface area contributed by atoms with Gasteiger partial charge in [0.1, 0.15) is 5.82 Å². The summed E-state index contributed by atoms with van der Waals surface area (Å²) in [6.07, 6.45) is -3.69.